The lowest BCUT2D eigenvalue weighted by Gasteiger charge is -2.24. The first-order valence-corrected chi connectivity index (χ1v) is 7.03. The van der Waals surface area contributed by atoms with E-state index in [1.165, 1.54) is 5.56 Å². The van der Waals surface area contributed by atoms with Crippen LogP contribution in [0.1, 0.15) is 45.2 Å². The Kier molecular flexibility index (Phi) is 5.38. The monoisotopic (exact) mass is 349 g/mol. The second-order valence-electron chi connectivity index (χ2n) is 5.61. The number of hydrogen-bond donors (Lipinski definition) is 1. The third-order valence-corrected chi connectivity index (χ3v) is 3.80. The molecule has 0 aliphatic carbocycles. The van der Waals surface area contributed by atoms with Gasteiger partial charge in [0.25, 0.3) is 0 Å². The van der Waals surface area contributed by atoms with Gasteiger partial charge in [0.15, 0.2) is 0 Å². The van der Waals surface area contributed by atoms with E-state index < -0.39 is 0 Å². The van der Waals surface area contributed by atoms with E-state index in [-0.39, 0.29) is 5.82 Å². The number of nitrogens with one attached hydrogen (secondary N) is 1. The Morgan fingerprint density at radius 1 is 1.35 bits per heavy atom. The minimum Gasteiger partial charge on any atom is -0.313 e. The molecule has 1 aromatic carbocycles. The fraction of sp³-hybridized carbons (Fsp3) is 0.571. The van der Waals surface area contributed by atoms with Crippen molar-refractivity contribution in [1.82, 2.24) is 5.32 Å². The normalized spacial score (nSPS) is 13.8. The summed E-state index contributed by atoms with van der Waals surface area (Å²) >= 11 is 2.21. The molecule has 0 aliphatic rings. The van der Waals surface area contributed by atoms with Crippen LogP contribution in [0.15, 0.2) is 18.2 Å². The largest absolute Gasteiger partial charge is 0.313 e. The second kappa shape index (κ2) is 6.14. The van der Waals surface area contributed by atoms with Gasteiger partial charge in [-0.1, -0.05) is 26.8 Å². The molecule has 17 heavy (non-hydrogen) atoms. The van der Waals surface area contributed by atoms with E-state index in [1.54, 1.807) is 12.1 Å². The molecule has 0 amide bonds. The molecule has 0 saturated heterocycles. The van der Waals surface area contributed by atoms with E-state index in [2.05, 4.69) is 48.7 Å². The summed E-state index contributed by atoms with van der Waals surface area (Å²) in [5.74, 6) is -0.163. The Bertz CT molecular complexity index is 371. The van der Waals surface area contributed by atoms with Crippen LogP contribution in [-0.4, -0.2) is 7.05 Å². The van der Waals surface area contributed by atoms with Gasteiger partial charge in [0.2, 0.25) is 0 Å². The molecule has 1 nitrogen and oxygen atoms in total. The summed E-state index contributed by atoms with van der Waals surface area (Å²) < 4.78 is 14.1. The fourth-order valence-electron chi connectivity index (χ4n) is 1.82. The Labute approximate surface area is 117 Å². The molecule has 0 aromatic heterocycles. The molecule has 0 heterocycles. The summed E-state index contributed by atoms with van der Waals surface area (Å²) in [5.41, 5.74) is 1.53. The molecule has 0 aliphatic heterocycles. The fourth-order valence-corrected chi connectivity index (χ4v) is 2.67. The van der Waals surface area contributed by atoms with Crippen LogP contribution in [0.5, 0.6) is 0 Å². The molecule has 96 valence electrons. The summed E-state index contributed by atoms with van der Waals surface area (Å²) in [4.78, 5) is 0. The van der Waals surface area contributed by atoms with Crippen LogP contribution in [0, 0.1) is 14.8 Å². The number of halogens is 2. The lowest BCUT2D eigenvalue weighted by atomic mass is 9.87. The summed E-state index contributed by atoms with van der Waals surface area (Å²) in [5, 5.41) is 3.32. The van der Waals surface area contributed by atoms with Gasteiger partial charge >= 0.3 is 0 Å². The average Bonchev–Trinajstić information content (AvgIpc) is 2.19. The zero-order valence-corrected chi connectivity index (χ0v) is 13.1. The van der Waals surface area contributed by atoms with Crippen molar-refractivity contribution in [1.29, 1.82) is 0 Å². The zero-order valence-electron chi connectivity index (χ0n) is 11.0. The molecule has 0 fully saturated rings. The van der Waals surface area contributed by atoms with Crippen LogP contribution >= 0.6 is 22.6 Å². The Morgan fingerprint density at radius 3 is 2.47 bits per heavy atom. The summed E-state index contributed by atoms with van der Waals surface area (Å²) in [6.07, 6.45) is 2.22. The summed E-state index contributed by atoms with van der Waals surface area (Å²) in [6.45, 7) is 6.74. The molecular weight excluding hydrogens is 328 g/mol. The highest BCUT2D eigenvalue weighted by molar-refractivity contribution is 14.1. The standard InChI is InChI=1S/C14H21FIN/c1-14(2,3)8-7-13(17-4)11-6-5-10(15)9-12(11)16/h5-6,9,13,17H,7-8H2,1-4H3. The summed E-state index contributed by atoms with van der Waals surface area (Å²) in [7, 11) is 1.97. The molecule has 1 N–H and O–H groups in total. The van der Waals surface area contributed by atoms with Crippen LogP contribution in [0.2, 0.25) is 0 Å². The maximum Gasteiger partial charge on any atom is 0.124 e. The third kappa shape index (κ3) is 4.92. The molecule has 3 heteroatoms. The highest BCUT2D eigenvalue weighted by Gasteiger charge is 2.17. The molecule has 1 atom stereocenters. The molecule has 1 unspecified atom stereocenters. The van der Waals surface area contributed by atoms with Gasteiger partial charge in [-0.25, -0.2) is 4.39 Å². The van der Waals surface area contributed by atoms with Crippen molar-refractivity contribution in [3.63, 3.8) is 0 Å². The van der Waals surface area contributed by atoms with Crippen molar-refractivity contribution in [2.75, 3.05) is 7.05 Å². The molecule has 1 rings (SSSR count). The van der Waals surface area contributed by atoms with E-state index >= 15 is 0 Å². The maximum atomic E-state index is 13.1. The topological polar surface area (TPSA) is 12.0 Å². The Hall–Kier alpha value is -0.160. The predicted molar refractivity (Wildman–Crippen MR) is 79.6 cm³/mol. The average molecular weight is 349 g/mol. The van der Waals surface area contributed by atoms with Crippen LogP contribution in [0.25, 0.3) is 0 Å². The minimum absolute atomic E-state index is 0.163. The first-order valence-electron chi connectivity index (χ1n) is 5.96. The van der Waals surface area contributed by atoms with Gasteiger partial charge in [0.1, 0.15) is 5.82 Å². The maximum absolute atomic E-state index is 13.1. The number of rotatable bonds is 4. The minimum atomic E-state index is -0.163. The van der Waals surface area contributed by atoms with E-state index in [0.717, 1.165) is 16.4 Å². The summed E-state index contributed by atoms with van der Waals surface area (Å²) in [6, 6.07) is 5.33. The first kappa shape index (κ1) is 14.9. The van der Waals surface area contributed by atoms with Crippen LogP contribution < -0.4 is 5.32 Å². The molecule has 0 saturated carbocycles. The van der Waals surface area contributed by atoms with Crippen LogP contribution in [0.4, 0.5) is 4.39 Å². The smallest absolute Gasteiger partial charge is 0.124 e. The van der Waals surface area contributed by atoms with E-state index in [4.69, 9.17) is 0 Å². The van der Waals surface area contributed by atoms with E-state index in [1.807, 2.05) is 13.1 Å². The predicted octanol–water partition coefficient (Wildman–Crippen LogP) is 4.52. The van der Waals surface area contributed by atoms with E-state index in [0.29, 0.717) is 11.5 Å². The van der Waals surface area contributed by atoms with Gasteiger partial charge in [-0.3, -0.25) is 0 Å². The number of hydrogen-bond acceptors (Lipinski definition) is 1. The van der Waals surface area contributed by atoms with Crippen molar-refractivity contribution in [3.8, 4) is 0 Å². The highest BCUT2D eigenvalue weighted by atomic mass is 127. The van der Waals surface area contributed by atoms with Crippen molar-refractivity contribution < 1.29 is 4.39 Å². The zero-order chi connectivity index (χ0) is 13.1. The van der Waals surface area contributed by atoms with Gasteiger partial charge < -0.3 is 5.32 Å². The molecule has 0 spiro atoms. The second-order valence-corrected chi connectivity index (χ2v) is 6.77. The van der Waals surface area contributed by atoms with Gasteiger partial charge in [0, 0.05) is 9.61 Å². The lowest BCUT2D eigenvalue weighted by molar-refractivity contribution is 0.337. The Balaban J connectivity index is 2.79. The van der Waals surface area contributed by atoms with Gasteiger partial charge in [0.05, 0.1) is 0 Å². The lowest BCUT2D eigenvalue weighted by Crippen LogP contribution is -2.20. The SMILES string of the molecule is CNC(CCC(C)(C)C)c1ccc(F)cc1I. The quantitative estimate of drug-likeness (QED) is 0.789. The molecule has 1 aromatic rings. The molecular formula is C14H21FIN. The van der Waals surface area contributed by atoms with E-state index in [9.17, 15) is 4.39 Å². The van der Waals surface area contributed by atoms with Gasteiger partial charge in [-0.2, -0.15) is 0 Å². The number of benzene rings is 1. The van der Waals surface area contributed by atoms with Crippen molar-refractivity contribution in [2.45, 2.75) is 39.7 Å². The van der Waals surface area contributed by atoms with Gasteiger partial charge in [-0.05, 0) is 65.6 Å². The van der Waals surface area contributed by atoms with Crippen molar-refractivity contribution >= 4 is 22.6 Å². The first-order chi connectivity index (χ1) is 7.83. The third-order valence-electron chi connectivity index (χ3n) is 2.87. The molecule has 0 bridgehead atoms. The van der Waals surface area contributed by atoms with Crippen molar-refractivity contribution in [2.24, 2.45) is 5.41 Å². The highest BCUT2D eigenvalue weighted by Crippen LogP contribution is 2.29. The molecule has 0 radical (unpaired) electrons. The van der Waals surface area contributed by atoms with Gasteiger partial charge in [-0.15, -0.1) is 0 Å². The van der Waals surface area contributed by atoms with Crippen LogP contribution in [-0.2, 0) is 0 Å². The Morgan fingerprint density at radius 2 is 2.00 bits per heavy atom. The van der Waals surface area contributed by atoms with Crippen molar-refractivity contribution in [3.05, 3.63) is 33.1 Å². The van der Waals surface area contributed by atoms with Crippen LogP contribution in [0.3, 0.4) is 0 Å².